The number of nitrogens with one attached hydrogen (secondary N) is 1. The number of piperidine rings is 1. The van der Waals surface area contributed by atoms with Gasteiger partial charge in [-0.05, 0) is 43.6 Å². The van der Waals surface area contributed by atoms with Gasteiger partial charge in [0.15, 0.2) is 5.13 Å². The number of nitrogens with two attached hydrogens (primary N) is 1. The molecule has 3 N–H and O–H groups in total. The van der Waals surface area contributed by atoms with E-state index in [0.29, 0.717) is 11.2 Å². The topological polar surface area (TPSA) is 63.4 Å². The van der Waals surface area contributed by atoms with Crippen LogP contribution in [0, 0.1) is 0 Å². The normalized spacial score (nSPS) is 16.2. The summed E-state index contributed by atoms with van der Waals surface area (Å²) >= 11 is 1.55. The number of likely N-dealkylation sites (tertiary alicyclic amines) is 1. The minimum atomic E-state index is 0. The first-order valence-electron chi connectivity index (χ1n) is 8.55. The van der Waals surface area contributed by atoms with Crippen LogP contribution in [0.25, 0.3) is 0 Å². The quantitative estimate of drug-likeness (QED) is 0.767. The molecule has 0 radical (unpaired) electrons. The van der Waals surface area contributed by atoms with Gasteiger partial charge in [0.2, 0.25) is 0 Å². The molecular weight excluding hydrogens is 356 g/mol. The van der Waals surface area contributed by atoms with Gasteiger partial charge in [-0.25, -0.2) is 4.98 Å². The van der Waals surface area contributed by atoms with Crippen LogP contribution in [0.15, 0.2) is 30.5 Å². The smallest absolute Gasteiger partial charge is 0.180 e. The summed E-state index contributed by atoms with van der Waals surface area (Å²) < 4.78 is 5.29. The third-order valence-corrected chi connectivity index (χ3v) is 5.37. The Kier molecular flexibility index (Phi) is 7.96. The van der Waals surface area contributed by atoms with Gasteiger partial charge in [-0.1, -0.05) is 18.6 Å². The van der Waals surface area contributed by atoms with Crippen LogP contribution in [0.5, 0.6) is 5.75 Å². The van der Waals surface area contributed by atoms with Gasteiger partial charge in [0.05, 0.1) is 7.11 Å². The number of rotatable bonds is 7. The molecule has 1 aromatic heterocycles. The first kappa shape index (κ1) is 20.0. The minimum Gasteiger partial charge on any atom is -0.497 e. The van der Waals surface area contributed by atoms with Gasteiger partial charge in [-0.2, -0.15) is 0 Å². The molecule has 1 saturated heterocycles. The molecule has 1 aromatic carbocycles. The van der Waals surface area contributed by atoms with Crippen molar-refractivity contribution in [2.24, 2.45) is 0 Å². The molecule has 1 aliphatic rings. The maximum Gasteiger partial charge on any atom is 0.180 e. The Balaban J connectivity index is 0.00000225. The molecule has 3 rings (SSSR count). The third-order valence-electron chi connectivity index (χ3n) is 4.54. The molecule has 7 heteroatoms. The van der Waals surface area contributed by atoms with Gasteiger partial charge >= 0.3 is 0 Å². The predicted octanol–water partition coefficient (Wildman–Crippen LogP) is 3.47. The SMILES string of the molecule is COc1ccc(C(CNCc2cnc(N)s2)N2CCCCC2)cc1.Cl. The summed E-state index contributed by atoms with van der Waals surface area (Å²) in [5.74, 6) is 0.907. The molecule has 0 spiro atoms. The summed E-state index contributed by atoms with van der Waals surface area (Å²) in [4.78, 5) is 7.89. The van der Waals surface area contributed by atoms with Gasteiger partial charge < -0.3 is 15.8 Å². The van der Waals surface area contributed by atoms with Gasteiger partial charge in [0, 0.05) is 30.2 Å². The van der Waals surface area contributed by atoms with Crippen LogP contribution in [0.3, 0.4) is 0 Å². The van der Waals surface area contributed by atoms with Crippen molar-refractivity contribution in [1.29, 1.82) is 0 Å². The van der Waals surface area contributed by atoms with Crippen molar-refractivity contribution in [1.82, 2.24) is 15.2 Å². The Labute approximate surface area is 160 Å². The number of ether oxygens (including phenoxy) is 1. The zero-order valence-electron chi connectivity index (χ0n) is 14.6. The molecule has 1 unspecified atom stereocenters. The zero-order valence-corrected chi connectivity index (χ0v) is 16.2. The molecular formula is C18H27ClN4OS. The van der Waals surface area contributed by atoms with Crippen LogP contribution in [0.1, 0.15) is 35.7 Å². The average molecular weight is 383 g/mol. The lowest BCUT2D eigenvalue weighted by Crippen LogP contribution is -2.38. The van der Waals surface area contributed by atoms with Crippen molar-refractivity contribution in [2.75, 3.05) is 32.5 Å². The summed E-state index contributed by atoms with van der Waals surface area (Å²) in [7, 11) is 1.71. The molecule has 5 nitrogen and oxygen atoms in total. The maximum absolute atomic E-state index is 5.70. The Hall–Kier alpha value is -1.34. The van der Waals surface area contributed by atoms with Gasteiger partial charge in [-0.15, -0.1) is 23.7 Å². The lowest BCUT2D eigenvalue weighted by molar-refractivity contribution is 0.160. The van der Waals surface area contributed by atoms with Gasteiger partial charge in [0.1, 0.15) is 5.75 Å². The fraction of sp³-hybridized carbons (Fsp3) is 0.500. The number of aromatic nitrogens is 1. The van der Waals surface area contributed by atoms with Gasteiger partial charge in [0.25, 0.3) is 0 Å². The summed E-state index contributed by atoms with van der Waals surface area (Å²) in [5.41, 5.74) is 7.05. The average Bonchev–Trinajstić information content (AvgIpc) is 3.05. The summed E-state index contributed by atoms with van der Waals surface area (Å²) in [5, 5.41) is 4.22. The Morgan fingerprint density at radius 2 is 1.96 bits per heavy atom. The second kappa shape index (κ2) is 9.97. The Morgan fingerprint density at radius 1 is 1.24 bits per heavy atom. The molecule has 2 heterocycles. The van der Waals surface area contributed by atoms with Crippen molar-refractivity contribution in [2.45, 2.75) is 31.8 Å². The largest absolute Gasteiger partial charge is 0.497 e. The fourth-order valence-electron chi connectivity index (χ4n) is 3.25. The van der Waals surface area contributed by atoms with Crippen molar-refractivity contribution < 1.29 is 4.74 Å². The zero-order chi connectivity index (χ0) is 16.8. The van der Waals surface area contributed by atoms with Crippen LogP contribution in [-0.4, -0.2) is 36.6 Å². The Bertz CT molecular complexity index is 628. The van der Waals surface area contributed by atoms with E-state index in [-0.39, 0.29) is 12.4 Å². The molecule has 0 bridgehead atoms. The molecule has 1 aliphatic heterocycles. The number of halogens is 1. The lowest BCUT2D eigenvalue weighted by Gasteiger charge is -2.35. The second-order valence-electron chi connectivity index (χ2n) is 6.18. The number of methoxy groups -OCH3 is 1. The maximum atomic E-state index is 5.70. The monoisotopic (exact) mass is 382 g/mol. The van der Waals surface area contributed by atoms with Crippen molar-refractivity contribution in [3.05, 3.63) is 40.9 Å². The van der Waals surface area contributed by atoms with E-state index >= 15 is 0 Å². The Morgan fingerprint density at radius 3 is 2.56 bits per heavy atom. The van der Waals surface area contributed by atoms with E-state index in [1.54, 1.807) is 18.4 Å². The predicted molar refractivity (Wildman–Crippen MR) is 107 cm³/mol. The molecule has 0 amide bonds. The van der Waals surface area contributed by atoms with Crippen molar-refractivity contribution in [3.63, 3.8) is 0 Å². The van der Waals surface area contributed by atoms with E-state index in [9.17, 15) is 0 Å². The highest BCUT2D eigenvalue weighted by Gasteiger charge is 2.22. The minimum absolute atomic E-state index is 0. The number of benzene rings is 1. The summed E-state index contributed by atoms with van der Waals surface area (Å²) in [6, 6.07) is 8.86. The van der Waals surface area contributed by atoms with Crippen LogP contribution < -0.4 is 15.8 Å². The van der Waals surface area contributed by atoms with E-state index in [2.05, 4.69) is 39.5 Å². The highest BCUT2D eigenvalue weighted by Crippen LogP contribution is 2.26. The first-order chi connectivity index (χ1) is 11.8. The van der Waals surface area contributed by atoms with E-state index < -0.39 is 0 Å². The lowest BCUT2D eigenvalue weighted by atomic mass is 10.0. The molecule has 138 valence electrons. The third kappa shape index (κ3) is 5.57. The number of hydrogen-bond acceptors (Lipinski definition) is 6. The number of anilines is 1. The van der Waals surface area contributed by atoms with Crippen LogP contribution in [-0.2, 0) is 6.54 Å². The number of thiazole rings is 1. The van der Waals surface area contributed by atoms with E-state index in [1.807, 2.05) is 6.20 Å². The van der Waals surface area contributed by atoms with Crippen molar-refractivity contribution in [3.8, 4) is 5.75 Å². The standard InChI is InChI=1S/C18H26N4OS.ClH/c1-23-15-7-5-14(6-8-15)17(22-9-3-2-4-10-22)13-20-11-16-12-21-18(19)24-16;/h5-8,12,17,20H,2-4,9-11,13H2,1H3,(H2,19,21);1H. The molecule has 1 fully saturated rings. The first-order valence-corrected chi connectivity index (χ1v) is 9.37. The summed E-state index contributed by atoms with van der Waals surface area (Å²) in [6.07, 6.45) is 5.78. The molecule has 1 atom stereocenters. The van der Waals surface area contributed by atoms with Crippen molar-refractivity contribution >= 4 is 28.9 Å². The van der Waals surface area contributed by atoms with E-state index in [4.69, 9.17) is 10.5 Å². The highest BCUT2D eigenvalue weighted by atomic mass is 35.5. The summed E-state index contributed by atoms with van der Waals surface area (Å²) in [6.45, 7) is 4.08. The van der Waals surface area contributed by atoms with E-state index in [0.717, 1.165) is 18.8 Å². The van der Waals surface area contributed by atoms with Crippen LogP contribution in [0.2, 0.25) is 0 Å². The van der Waals surface area contributed by atoms with Gasteiger partial charge in [-0.3, -0.25) is 4.90 Å². The van der Waals surface area contributed by atoms with E-state index in [1.165, 1.54) is 42.8 Å². The van der Waals surface area contributed by atoms with Crippen LogP contribution >= 0.6 is 23.7 Å². The number of hydrogen-bond donors (Lipinski definition) is 2. The number of nitrogens with zero attached hydrogens (tertiary/aromatic N) is 2. The molecule has 2 aromatic rings. The fourth-order valence-corrected chi connectivity index (χ4v) is 3.90. The molecule has 0 aliphatic carbocycles. The number of nitrogen functional groups attached to an aromatic ring is 1. The molecule has 0 saturated carbocycles. The molecule has 25 heavy (non-hydrogen) atoms. The van der Waals surface area contributed by atoms with Crippen LogP contribution in [0.4, 0.5) is 5.13 Å². The second-order valence-corrected chi connectivity index (χ2v) is 7.33. The highest BCUT2D eigenvalue weighted by molar-refractivity contribution is 7.15.